The molecule has 0 nitrogen and oxygen atoms in total. The molecule has 0 amide bonds. The van der Waals surface area contributed by atoms with Crippen molar-refractivity contribution in [3.8, 4) is 0 Å². The van der Waals surface area contributed by atoms with Crippen LogP contribution in [0.4, 0.5) is 24.6 Å². The Morgan fingerprint density at radius 1 is 0.571 bits per heavy atom. The van der Waals surface area contributed by atoms with Crippen LogP contribution in [0.15, 0.2) is 0 Å². The fourth-order valence-corrected chi connectivity index (χ4v) is 0. The van der Waals surface area contributed by atoms with Crippen molar-refractivity contribution in [1.29, 1.82) is 0 Å². The van der Waals surface area contributed by atoms with Crippen LogP contribution in [-0.2, 0) is 0 Å². The normalized spacial score (nSPS) is 23.1. The Labute approximate surface area is 34.6 Å². The maximum atomic E-state index is 9.88. The van der Waals surface area contributed by atoms with Gasteiger partial charge in [0.05, 0.1) is 0 Å². The van der Waals surface area contributed by atoms with Crippen molar-refractivity contribution in [1.82, 2.24) is 0 Å². The molecule has 0 unspecified atom stereocenters. The second-order valence-corrected chi connectivity index (χ2v) is 3.21. The van der Waals surface area contributed by atoms with Gasteiger partial charge in [0.1, 0.15) is 0 Å². The van der Waals surface area contributed by atoms with Gasteiger partial charge in [0, 0.05) is 0 Å². The van der Waals surface area contributed by atoms with Crippen molar-refractivity contribution < 1.29 is 24.6 Å². The molecule has 0 aliphatic heterocycles. The van der Waals surface area contributed by atoms with Gasteiger partial charge in [-0.2, -0.15) is 0 Å². The van der Waals surface area contributed by atoms with Crippen molar-refractivity contribution in [2.75, 3.05) is 0 Å². The zero-order chi connectivity index (χ0) is 6.41. The van der Waals surface area contributed by atoms with Crippen molar-refractivity contribution >= 4 is 8.63 Å². The molecule has 7 heavy (non-hydrogen) atoms. The first kappa shape index (κ1) is 6.80. The van der Waals surface area contributed by atoms with Gasteiger partial charge in [-0.15, -0.1) is 0 Å². The Morgan fingerprint density at radius 3 is 0.571 bits per heavy atom. The van der Waals surface area contributed by atoms with E-state index in [1.54, 1.807) is 0 Å². The topological polar surface area (TPSA) is 0 Å². The Balaban J connectivity index is 4.43. The van der Waals surface area contributed by atoms with Gasteiger partial charge in [-0.3, -0.25) is 0 Å². The van der Waals surface area contributed by atoms with E-state index in [0.717, 1.165) is 0 Å². The van der Waals surface area contributed by atoms with Gasteiger partial charge in [0.25, 0.3) is 0 Å². The van der Waals surface area contributed by atoms with E-state index < -0.39 is 8.63 Å². The number of halogens is 6. The fourth-order valence-electron chi connectivity index (χ4n) is 0. The third-order valence-electron chi connectivity index (χ3n) is 0. The summed E-state index contributed by atoms with van der Waals surface area (Å²) in [5.41, 5.74) is 0. The summed E-state index contributed by atoms with van der Waals surface area (Å²) < 4.78 is 59.3. The van der Waals surface area contributed by atoms with Crippen molar-refractivity contribution in [2.24, 2.45) is 0 Å². The molecule has 0 N–H and O–H groups in total. The fraction of sp³-hybridized carbons (Fsp3) is 0. The summed E-state index contributed by atoms with van der Waals surface area (Å²) >= 11 is 0. The molecule has 0 saturated carbocycles. The molecule has 0 saturated heterocycles. The summed E-state index contributed by atoms with van der Waals surface area (Å²) in [5, 5.41) is 0. The standard InChI is InChI=1S/F6Si/c1-7(2,3,4,5)6/q-2. The van der Waals surface area contributed by atoms with Gasteiger partial charge in [-0.25, -0.2) is 0 Å². The average molecular weight is 142 g/mol. The predicted octanol–water partition coefficient (Wildman–Crippen LogP) is 2.14. The van der Waals surface area contributed by atoms with Gasteiger partial charge in [-0.1, -0.05) is 0 Å². The summed E-state index contributed by atoms with van der Waals surface area (Å²) in [5.74, 6) is 0. The van der Waals surface area contributed by atoms with Crippen LogP contribution >= 0.6 is 0 Å². The van der Waals surface area contributed by atoms with Crippen LogP contribution in [0.1, 0.15) is 0 Å². The molecule has 0 aliphatic carbocycles. The Hall–Kier alpha value is -0.203. The first-order valence-electron chi connectivity index (χ1n) is 1.13. The summed E-state index contributed by atoms with van der Waals surface area (Å²) in [7, 11) is -10.8. The zero-order valence-electron chi connectivity index (χ0n) is 2.77. The monoisotopic (exact) mass is 142 g/mol. The summed E-state index contributed by atoms with van der Waals surface area (Å²) in [6, 6.07) is 0. The minimum atomic E-state index is -10.8. The third-order valence-corrected chi connectivity index (χ3v) is 0. The van der Waals surface area contributed by atoms with Crippen LogP contribution in [0.2, 0.25) is 0 Å². The first-order valence-corrected chi connectivity index (χ1v) is 3.40. The first-order chi connectivity index (χ1) is 2.45. The SMILES string of the molecule is F[Si-2](F)(F)(F)(F)F. The minimum absolute atomic E-state index is 9.88. The molecule has 0 aromatic heterocycles. The second kappa shape index (κ2) is 0.609. The summed E-state index contributed by atoms with van der Waals surface area (Å²) in [6.45, 7) is 0. The van der Waals surface area contributed by atoms with Crippen LogP contribution in [0.3, 0.4) is 0 Å². The molecule has 0 bridgehead atoms. The summed E-state index contributed by atoms with van der Waals surface area (Å²) in [4.78, 5) is 0. The molecule has 0 fully saturated rings. The van der Waals surface area contributed by atoms with Gasteiger partial charge in [0.15, 0.2) is 0 Å². The molecule has 0 spiro atoms. The molecule has 0 atom stereocenters. The molecule has 0 heterocycles. The number of rotatable bonds is 0. The van der Waals surface area contributed by atoms with Crippen molar-refractivity contribution in [2.45, 2.75) is 0 Å². The van der Waals surface area contributed by atoms with E-state index in [-0.39, 0.29) is 0 Å². The third kappa shape index (κ3) is 2030. The van der Waals surface area contributed by atoms with Gasteiger partial charge in [0.2, 0.25) is 0 Å². The second-order valence-electron chi connectivity index (χ2n) is 1.07. The average Bonchev–Trinajstić information content (AvgIpc) is 0.592. The van der Waals surface area contributed by atoms with Gasteiger partial charge >= 0.3 is 33.3 Å². The van der Waals surface area contributed by atoms with E-state index in [4.69, 9.17) is 0 Å². The Kier molecular flexibility index (Phi) is 0.592. The Bertz CT molecular complexity index is 62.7. The Morgan fingerprint density at radius 2 is 0.571 bits per heavy atom. The maximum absolute atomic E-state index is 10.8. The number of hydrogen-bond donors (Lipinski definition) is 0. The predicted molar refractivity (Wildman–Crippen MR) is 12.4 cm³/mol. The van der Waals surface area contributed by atoms with Crippen LogP contribution in [0, 0.1) is 0 Å². The van der Waals surface area contributed by atoms with E-state index in [1.165, 1.54) is 0 Å². The summed E-state index contributed by atoms with van der Waals surface area (Å²) in [6.07, 6.45) is 0. The molecule has 0 rings (SSSR count). The van der Waals surface area contributed by atoms with Gasteiger partial charge in [-0.05, 0) is 0 Å². The number of hydrogen-bond acceptors (Lipinski definition) is 0. The molecule has 7 heteroatoms. The quantitative estimate of drug-likeness (QED) is 0.276. The molecule has 0 aromatic rings. The van der Waals surface area contributed by atoms with E-state index in [2.05, 4.69) is 0 Å². The van der Waals surface area contributed by atoms with Crippen LogP contribution in [0.5, 0.6) is 0 Å². The molecular formula is F6Si-2. The van der Waals surface area contributed by atoms with E-state index >= 15 is 0 Å². The van der Waals surface area contributed by atoms with Crippen molar-refractivity contribution in [3.05, 3.63) is 0 Å². The molecule has 0 aromatic carbocycles. The van der Waals surface area contributed by atoms with E-state index in [1.807, 2.05) is 0 Å². The molecular weight excluding hydrogens is 142 g/mol. The van der Waals surface area contributed by atoms with Crippen LogP contribution in [-0.4, -0.2) is 8.63 Å². The van der Waals surface area contributed by atoms with Gasteiger partial charge < -0.3 is 0 Å². The molecule has 48 valence electrons. The molecule has 0 radical (unpaired) electrons. The van der Waals surface area contributed by atoms with E-state index in [9.17, 15) is 24.6 Å². The van der Waals surface area contributed by atoms with Crippen LogP contribution in [0.25, 0.3) is 0 Å². The van der Waals surface area contributed by atoms with E-state index in [0.29, 0.717) is 0 Å². The molecule has 0 aliphatic rings. The zero-order valence-corrected chi connectivity index (χ0v) is 3.77. The van der Waals surface area contributed by atoms with Crippen molar-refractivity contribution in [3.63, 3.8) is 0 Å². The van der Waals surface area contributed by atoms with Crippen LogP contribution < -0.4 is 0 Å².